The van der Waals surface area contributed by atoms with Crippen molar-refractivity contribution in [2.75, 3.05) is 0 Å². The number of rotatable bonds is 4. The minimum atomic E-state index is -0.963. The molecule has 0 bridgehead atoms. The Morgan fingerprint density at radius 2 is 1.88 bits per heavy atom. The van der Waals surface area contributed by atoms with Gasteiger partial charge in [0.15, 0.2) is 0 Å². The molecule has 1 N–H and O–H groups in total. The van der Waals surface area contributed by atoms with Crippen LogP contribution in [-0.4, -0.2) is 33.8 Å². The molecule has 3 unspecified atom stereocenters. The maximum absolute atomic E-state index is 12.1. The van der Waals surface area contributed by atoms with E-state index in [9.17, 15) is 14.4 Å². The van der Waals surface area contributed by atoms with E-state index in [1.54, 1.807) is 0 Å². The van der Waals surface area contributed by atoms with Crippen molar-refractivity contribution in [1.29, 1.82) is 0 Å². The fourth-order valence-corrected chi connectivity index (χ4v) is 3.00. The van der Waals surface area contributed by atoms with E-state index in [1.807, 2.05) is 6.92 Å². The van der Waals surface area contributed by atoms with Gasteiger partial charge in [0.1, 0.15) is 0 Å². The smallest absolute Gasteiger partial charge is 0.305 e. The van der Waals surface area contributed by atoms with Gasteiger partial charge in [0.05, 0.1) is 18.3 Å². The molecule has 0 spiro atoms. The van der Waals surface area contributed by atoms with Crippen molar-refractivity contribution < 1.29 is 19.5 Å². The third-order valence-corrected chi connectivity index (χ3v) is 3.87. The minimum absolute atomic E-state index is 0.145. The Labute approximate surface area is 99.8 Å². The first-order valence-corrected chi connectivity index (χ1v) is 6.15. The quantitative estimate of drug-likeness (QED) is 0.743. The van der Waals surface area contributed by atoms with Gasteiger partial charge in [0.2, 0.25) is 11.8 Å². The van der Waals surface area contributed by atoms with Gasteiger partial charge >= 0.3 is 5.97 Å². The zero-order valence-electron chi connectivity index (χ0n) is 9.89. The number of imide groups is 1. The molecule has 0 aromatic heterocycles. The predicted molar refractivity (Wildman–Crippen MR) is 59.0 cm³/mol. The van der Waals surface area contributed by atoms with Crippen LogP contribution in [0.25, 0.3) is 0 Å². The minimum Gasteiger partial charge on any atom is -0.481 e. The molecule has 1 aliphatic heterocycles. The maximum Gasteiger partial charge on any atom is 0.305 e. The van der Waals surface area contributed by atoms with Crippen LogP contribution < -0.4 is 0 Å². The first kappa shape index (κ1) is 12.1. The van der Waals surface area contributed by atoms with Crippen LogP contribution in [0.15, 0.2) is 0 Å². The number of aliphatic carboxylic acids is 1. The van der Waals surface area contributed by atoms with Crippen LogP contribution in [0.4, 0.5) is 0 Å². The van der Waals surface area contributed by atoms with Crippen LogP contribution in [0, 0.1) is 11.8 Å². The third-order valence-electron chi connectivity index (χ3n) is 3.87. The van der Waals surface area contributed by atoms with Gasteiger partial charge in [0.25, 0.3) is 0 Å². The van der Waals surface area contributed by atoms with E-state index in [2.05, 4.69) is 0 Å². The number of hydrogen-bond acceptors (Lipinski definition) is 3. The standard InChI is InChI=1S/C12H17NO4/c1-2-7(6-10(14)15)13-11(16)8-4-3-5-9(8)12(13)17/h7-9H,2-6H2,1H3,(H,14,15). The highest BCUT2D eigenvalue weighted by Gasteiger charge is 2.51. The average molecular weight is 239 g/mol. The normalized spacial score (nSPS) is 29.6. The van der Waals surface area contributed by atoms with E-state index in [4.69, 9.17) is 5.11 Å². The third kappa shape index (κ3) is 1.94. The number of likely N-dealkylation sites (tertiary alicyclic amines) is 1. The fraction of sp³-hybridized carbons (Fsp3) is 0.750. The van der Waals surface area contributed by atoms with Crippen molar-refractivity contribution in [3.63, 3.8) is 0 Å². The summed E-state index contributed by atoms with van der Waals surface area (Å²) in [7, 11) is 0. The largest absolute Gasteiger partial charge is 0.481 e. The summed E-state index contributed by atoms with van der Waals surface area (Å²) in [6.45, 7) is 1.81. The highest BCUT2D eigenvalue weighted by molar-refractivity contribution is 6.06. The van der Waals surface area contributed by atoms with Crippen molar-refractivity contribution >= 4 is 17.8 Å². The van der Waals surface area contributed by atoms with Crippen molar-refractivity contribution in [3.8, 4) is 0 Å². The lowest BCUT2D eigenvalue weighted by Crippen LogP contribution is -2.42. The number of carbonyl (C=O) groups excluding carboxylic acids is 2. The summed E-state index contributed by atoms with van der Waals surface area (Å²) < 4.78 is 0. The molecule has 1 saturated heterocycles. The lowest BCUT2D eigenvalue weighted by Gasteiger charge is -2.24. The van der Waals surface area contributed by atoms with Crippen LogP contribution in [-0.2, 0) is 14.4 Å². The Kier molecular flexibility index (Phi) is 3.17. The molecule has 0 radical (unpaired) electrons. The monoisotopic (exact) mass is 239 g/mol. The van der Waals surface area contributed by atoms with E-state index in [0.717, 1.165) is 19.3 Å². The summed E-state index contributed by atoms with van der Waals surface area (Å²) in [6.07, 6.45) is 2.83. The molecule has 17 heavy (non-hydrogen) atoms. The topological polar surface area (TPSA) is 74.7 Å². The van der Waals surface area contributed by atoms with E-state index in [0.29, 0.717) is 6.42 Å². The average Bonchev–Trinajstić information content (AvgIpc) is 2.82. The number of amides is 2. The molecule has 5 nitrogen and oxygen atoms in total. The predicted octanol–water partition coefficient (Wildman–Crippen LogP) is 1.02. The van der Waals surface area contributed by atoms with Crippen LogP contribution in [0.5, 0.6) is 0 Å². The van der Waals surface area contributed by atoms with Crippen molar-refractivity contribution in [3.05, 3.63) is 0 Å². The molecule has 2 rings (SSSR count). The van der Waals surface area contributed by atoms with Crippen molar-refractivity contribution in [2.45, 2.75) is 45.1 Å². The highest BCUT2D eigenvalue weighted by atomic mass is 16.4. The molecular weight excluding hydrogens is 222 g/mol. The second-order valence-corrected chi connectivity index (χ2v) is 4.85. The summed E-state index contributed by atoms with van der Waals surface area (Å²) in [5, 5.41) is 8.80. The van der Waals surface area contributed by atoms with E-state index in [-0.39, 0.29) is 30.1 Å². The van der Waals surface area contributed by atoms with Crippen LogP contribution in [0.1, 0.15) is 39.0 Å². The van der Waals surface area contributed by atoms with Gasteiger partial charge < -0.3 is 5.11 Å². The van der Waals surface area contributed by atoms with Gasteiger partial charge in [-0.05, 0) is 19.3 Å². The highest BCUT2D eigenvalue weighted by Crippen LogP contribution is 2.41. The SMILES string of the molecule is CCC(CC(=O)O)N1C(=O)C2CCCC2C1=O. The summed E-state index contributed by atoms with van der Waals surface area (Å²) in [5.41, 5.74) is 0. The number of hydrogen-bond donors (Lipinski definition) is 1. The van der Waals surface area contributed by atoms with Crippen molar-refractivity contribution in [2.24, 2.45) is 11.8 Å². The molecule has 2 amide bonds. The Morgan fingerprint density at radius 3 is 2.29 bits per heavy atom. The summed E-state index contributed by atoms with van der Waals surface area (Å²) in [6, 6.07) is -0.474. The first-order chi connectivity index (χ1) is 8.06. The summed E-state index contributed by atoms with van der Waals surface area (Å²) >= 11 is 0. The summed E-state index contributed by atoms with van der Waals surface area (Å²) in [4.78, 5) is 36.1. The first-order valence-electron chi connectivity index (χ1n) is 6.15. The second kappa shape index (κ2) is 4.47. The zero-order chi connectivity index (χ0) is 12.6. The van der Waals surface area contributed by atoms with E-state index < -0.39 is 12.0 Å². The molecule has 1 saturated carbocycles. The molecule has 1 aliphatic carbocycles. The molecule has 0 aromatic carbocycles. The number of carboxylic acid groups (broad SMARTS) is 1. The number of carbonyl (C=O) groups is 3. The summed E-state index contributed by atoms with van der Waals surface area (Å²) in [5.74, 6) is -1.61. The molecule has 3 atom stereocenters. The molecule has 94 valence electrons. The van der Waals surface area contributed by atoms with Gasteiger partial charge in [-0.25, -0.2) is 0 Å². The Bertz CT molecular complexity index is 344. The number of carboxylic acids is 1. The Hall–Kier alpha value is -1.39. The molecule has 0 aromatic rings. The Morgan fingerprint density at radius 1 is 1.35 bits per heavy atom. The molecule has 5 heteroatoms. The molecular formula is C12H17NO4. The maximum atomic E-state index is 12.1. The van der Waals surface area contributed by atoms with E-state index >= 15 is 0 Å². The Balaban J connectivity index is 2.17. The number of nitrogens with zero attached hydrogens (tertiary/aromatic N) is 1. The molecule has 1 heterocycles. The second-order valence-electron chi connectivity index (χ2n) is 4.85. The van der Waals surface area contributed by atoms with Gasteiger partial charge in [-0.1, -0.05) is 13.3 Å². The van der Waals surface area contributed by atoms with E-state index in [1.165, 1.54) is 4.90 Å². The molecule has 2 aliphatic rings. The van der Waals surface area contributed by atoms with Crippen molar-refractivity contribution in [1.82, 2.24) is 4.90 Å². The zero-order valence-corrected chi connectivity index (χ0v) is 9.89. The van der Waals surface area contributed by atoms with Gasteiger partial charge in [-0.3, -0.25) is 19.3 Å². The van der Waals surface area contributed by atoms with Crippen LogP contribution >= 0.6 is 0 Å². The van der Waals surface area contributed by atoms with Crippen LogP contribution in [0.3, 0.4) is 0 Å². The number of fused-ring (bicyclic) bond motifs is 1. The van der Waals surface area contributed by atoms with Gasteiger partial charge in [-0.2, -0.15) is 0 Å². The molecule has 2 fully saturated rings. The van der Waals surface area contributed by atoms with Gasteiger partial charge in [-0.15, -0.1) is 0 Å². The van der Waals surface area contributed by atoms with Gasteiger partial charge in [0, 0.05) is 6.04 Å². The van der Waals surface area contributed by atoms with Crippen LogP contribution in [0.2, 0.25) is 0 Å². The fourth-order valence-electron chi connectivity index (χ4n) is 3.00. The lowest BCUT2D eigenvalue weighted by atomic mass is 10.00. The lowest BCUT2D eigenvalue weighted by molar-refractivity contribution is -0.145.